The molecule has 0 spiro atoms. The number of ether oxygens (including phenoxy) is 2. The highest BCUT2D eigenvalue weighted by Gasteiger charge is 2.34. The van der Waals surface area contributed by atoms with Crippen LogP contribution in [0.5, 0.6) is 0 Å². The molecule has 0 unspecified atom stereocenters. The molecule has 3 rings (SSSR count). The second kappa shape index (κ2) is 5.44. The zero-order valence-corrected chi connectivity index (χ0v) is 10.9. The van der Waals surface area contributed by atoms with Gasteiger partial charge < -0.3 is 9.47 Å². The molecule has 0 aromatic heterocycles. The minimum Gasteiger partial charge on any atom is -0.479 e. The normalized spacial score (nSPS) is 21.4. The molecule has 7 nitrogen and oxygen atoms in total. The van der Waals surface area contributed by atoms with Crippen molar-refractivity contribution in [3.63, 3.8) is 0 Å². The summed E-state index contributed by atoms with van der Waals surface area (Å²) in [5, 5.41) is 0. The second-order valence-electron chi connectivity index (χ2n) is 4.69. The minimum absolute atomic E-state index is 0.308. The summed E-state index contributed by atoms with van der Waals surface area (Å²) in [5.74, 6) is 0.552. The maximum atomic E-state index is 11.8. The average Bonchev–Trinajstić information content (AvgIpc) is 3.13. The molecule has 0 aromatic rings. The second-order valence-corrected chi connectivity index (χ2v) is 4.69. The molecule has 0 radical (unpaired) electrons. The van der Waals surface area contributed by atoms with Gasteiger partial charge >= 0.3 is 0 Å². The van der Waals surface area contributed by atoms with Crippen LogP contribution in [0.3, 0.4) is 0 Å². The maximum absolute atomic E-state index is 11.8. The van der Waals surface area contributed by atoms with Gasteiger partial charge in [0, 0.05) is 25.0 Å². The van der Waals surface area contributed by atoms with E-state index in [4.69, 9.17) is 9.47 Å². The predicted molar refractivity (Wildman–Crippen MR) is 70.5 cm³/mol. The molecule has 0 fully saturated rings. The van der Waals surface area contributed by atoms with E-state index >= 15 is 0 Å². The Morgan fingerprint density at radius 2 is 1.50 bits per heavy atom. The standard InChI is InChI=1S/C13H15N3O4/c17-12-1-2-13(18)16(12)9(7-10-14-3-5-19-10)8-11-15-4-6-20-11/h1-2,9H,3-8H2. The first kappa shape index (κ1) is 12.8. The van der Waals surface area contributed by atoms with E-state index in [1.165, 1.54) is 17.1 Å². The van der Waals surface area contributed by atoms with Crippen LogP contribution in [0.4, 0.5) is 0 Å². The van der Waals surface area contributed by atoms with E-state index in [1.807, 2.05) is 0 Å². The summed E-state index contributed by atoms with van der Waals surface area (Å²) < 4.78 is 10.8. The number of carbonyl (C=O) groups excluding carboxylic acids is 2. The molecule has 0 atom stereocenters. The molecule has 3 aliphatic heterocycles. The molecular weight excluding hydrogens is 262 g/mol. The lowest BCUT2D eigenvalue weighted by atomic mass is 10.1. The molecule has 7 heteroatoms. The van der Waals surface area contributed by atoms with Crippen molar-refractivity contribution < 1.29 is 19.1 Å². The van der Waals surface area contributed by atoms with Gasteiger partial charge in [0.25, 0.3) is 11.8 Å². The van der Waals surface area contributed by atoms with Crippen LogP contribution < -0.4 is 0 Å². The van der Waals surface area contributed by atoms with Gasteiger partial charge in [-0.2, -0.15) is 0 Å². The Hall–Kier alpha value is -2.18. The first-order valence-corrected chi connectivity index (χ1v) is 6.61. The fourth-order valence-corrected chi connectivity index (χ4v) is 2.44. The fourth-order valence-electron chi connectivity index (χ4n) is 2.44. The molecule has 0 aromatic carbocycles. The van der Waals surface area contributed by atoms with Crippen LogP contribution in [-0.4, -0.2) is 60.9 Å². The van der Waals surface area contributed by atoms with Gasteiger partial charge in [0.15, 0.2) is 11.8 Å². The predicted octanol–water partition coefficient (Wildman–Crippen LogP) is -0.0824. The lowest BCUT2D eigenvalue weighted by Crippen LogP contribution is -2.42. The third kappa shape index (κ3) is 2.56. The highest BCUT2D eigenvalue weighted by Crippen LogP contribution is 2.19. The molecule has 106 valence electrons. The number of amides is 2. The van der Waals surface area contributed by atoms with Gasteiger partial charge in [0.05, 0.1) is 19.1 Å². The number of rotatable bonds is 5. The van der Waals surface area contributed by atoms with Gasteiger partial charge in [0.1, 0.15) is 13.2 Å². The first-order valence-electron chi connectivity index (χ1n) is 6.61. The lowest BCUT2D eigenvalue weighted by Gasteiger charge is -2.25. The molecule has 2 amide bonds. The largest absolute Gasteiger partial charge is 0.479 e. The van der Waals surface area contributed by atoms with Crippen LogP contribution in [0, 0.1) is 0 Å². The van der Waals surface area contributed by atoms with E-state index in [-0.39, 0.29) is 17.9 Å². The Balaban J connectivity index is 1.75. The van der Waals surface area contributed by atoms with E-state index in [2.05, 4.69) is 9.98 Å². The van der Waals surface area contributed by atoms with Gasteiger partial charge in [-0.05, 0) is 0 Å². The molecule has 0 N–H and O–H groups in total. The van der Waals surface area contributed by atoms with Crippen LogP contribution in [0.2, 0.25) is 0 Å². The SMILES string of the molecule is O=C1C=CC(=O)N1C(CC1=NCCO1)CC1=NCCO1. The molecule has 0 aliphatic carbocycles. The number of aliphatic imine (C=N–C) groups is 2. The van der Waals surface area contributed by atoms with Crippen LogP contribution in [0.1, 0.15) is 12.8 Å². The molecular formula is C13H15N3O4. The van der Waals surface area contributed by atoms with Crippen LogP contribution in [0.15, 0.2) is 22.1 Å². The van der Waals surface area contributed by atoms with E-state index in [0.717, 1.165) is 0 Å². The van der Waals surface area contributed by atoms with Crippen molar-refractivity contribution in [2.45, 2.75) is 18.9 Å². The van der Waals surface area contributed by atoms with Gasteiger partial charge in [0.2, 0.25) is 0 Å². The zero-order valence-electron chi connectivity index (χ0n) is 10.9. The lowest BCUT2D eigenvalue weighted by molar-refractivity contribution is -0.139. The van der Waals surface area contributed by atoms with Crippen molar-refractivity contribution in [3.8, 4) is 0 Å². The maximum Gasteiger partial charge on any atom is 0.253 e. The van der Waals surface area contributed by atoms with Crippen molar-refractivity contribution >= 4 is 23.6 Å². The quantitative estimate of drug-likeness (QED) is 0.658. The Bertz CT molecular complexity index is 480. The summed E-state index contributed by atoms with van der Waals surface area (Å²) in [4.78, 5) is 33.3. The summed E-state index contributed by atoms with van der Waals surface area (Å²) in [6.07, 6.45) is 3.37. The minimum atomic E-state index is -0.362. The van der Waals surface area contributed by atoms with E-state index in [0.29, 0.717) is 50.9 Å². The first-order chi connectivity index (χ1) is 9.74. The zero-order chi connectivity index (χ0) is 13.9. The van der Waals surface area contributed by atoms with E-state index in [1.54, 1.807) is 0 Å². The summed E-state index contributed by atoms with van der Waals surface area (Å²) in [5.41, 5.74) is 0. The van der Waals surface area contributed by atoms with E-state index < -0.39 is 0 Å². The Morgan fingerprint density at radius 3 is 1.90 bits per heavy atom. The number of hydrogen-bond acceptors (Lipinski definition) is 6. The Kier molecular flexibility index (Phi) is 3.49. The van der Waals surface area contributed by atoms with E-state index in [9.17, 15) is 9.59 Å². The van der Waals surface area contributed by atoms with Gasteiger partial charge in [-0.3, -0.25) is 24.5 Å². The third-order valence-electron chi connectivity index (χ3n) is 3.33. The van der Waals surface area contributed by atoms with Gasteiger partial charge in [-0.15, -0.1) is 0 Å². The molecule has 0 saturated heterocycles. The summed E-state index contributed by atoms with van der Waals surface area (Å²) in [6.45, 7) is 2.36. The molecule has 20 heavy (non-hydrogen) atoms. The smallest absolute Gasteiger partial charge is 0.253 e. The Morgan fingerprint density at radius 1 is 1.00 bits per heavy atom. The van der Waals surface area contributed by atoms with Crippen molar-refractivity contribution in [1.82, 2.24) is 4.90 Å². The fraction of sp³-hybridized carbons (Fsp3) is 0.538. The average molecular weight is 277 g/mol. The van der Waals surface area contributed by atoms with Crippen LogP contribution in [0.25, 0.3) is 0 Å². The van der Waals surface area contributed by atoms with Gasteiger partial charge in [-0.1, -0.05) is 0 Å². The summed E-state index contributed by atoms with van der Waals surface area (Å²) in [7, 11) is 0. The summed E-state index contributed by atoms with van der Waals surface area (Å²) >= 11 is 0. The molecule has 3 heterocycles. The van der Waals surface area contributed by atoms with Crippen LogP contribution >= 0.6 is 0 Å². The van der Waals surface area contributed by atoms with Crippen molar-refractivity contribution in [2.75, 3.05) is 26.3 Å². The van der Waals surface area contributed by atoms with Crippen molar-refractivity contribution in [3.05, 3.63) is 12.2 Å². The molecule has 0 bridgehead atoms. The van der Waals surface area contributed by atoms with Crippen LogP contribution in [-0.2, 0) is 19.1 Å². The van der Waals surface area contributed by atoms with Gasteiger partial charge in [-0.25, -0.2) is 0 Å². The van der Waals surface area contributed by atoms with Crippen molar-refractivity contribution in [2.24, 2.45) is 9.98 Å². The monoisotopic (exact) mass is 277 g/mol. The third-order valence-corrected chi connectivity index (χ3v) is 3.33. The number of hydrogen-bond donors (Lipinski definition) is 0. The van der Waals surface area contributed by atoms with Crippen molar-refractivity contribution in [1.29, 1.82) is 0 Å². The number of imide groups is 1. The number of nitrogens with zero attached hydrogens (tertiary/aromatic N) is 3. The molecule has 3 aliphatic rings. The number of carbonyl (C=O) groups is 2. The topological polar surface area (TPSA) is 80.6 Å². The summed E-state index contributed by atoms with van der Waals surface area (Å²) in [6, 6.07) is -0.362. The highest BCUT2D eigenvalue weighted by molar-refractivity contribution is 6.13. The Labute approximate surface area is 116 Å². The highest BCUT2D eigenvalue weighted by atomic mass is 16.5. The molecule has 0 saturated carbocycles.